The molecule has 0 bridgehead atoms. The Bertz CT molecular complexity index is 1580. The highest BCUT2D eigenvalue weighted by atomic mass is 79.9. The van der Waals surface area contributed by atoms with Gasteiger partial charge < -0.3 is 0 Å². The van der Waals surface area contributed by atoms with Crippen LogP contribution in [0.15, 0.2) is 51.1 Å². The molecular weight excluding hydrogens is 962 g/mol. The second kappa shape index (κ2) is 20.4. The van der Waals surface area contributed by atoms with Gasteiger partial charge in [0.15, 0.2) is 11.6 Å². The van der Waals surface area contributed by atoms with Gasteiger partial charge in [-0.15, -0.1) is 0 Å². The zero-order chi connectivity index (χ0) is 33.4. The van der Waals surface area contributed by atoms with Crippen LogP contribution in [0.5, 0.6) is 0 Å². The molecule has 3 aromatic rings. The zero-order valence-corrected chi connectivity index (χ0v) is 31.8. The quantitative estimate of drug-likeness (QED) is 0.178. The molecule has 0 aliphatic heterocycles. The van der Waals surface area contributed by atoms with Crippen molar-refractivity contribution in [1.82, 2.24) is 0 Å². The maximum absolute atomic E-state index is 13.4. The van der Waals surface area contributed by atoms with Crippen LogP contribution in [0.25, 0.3) is 0 Å². The highest BCUT2D eigenvalue weighted by Crippen LogP contribution is 2.34. The first-order valence-corrected chi connectivity index (χ1v) is 16.7. The number of nitrogens with zero attached hydrogens (tertiary/aromatic N) is 6. The fraction of sp³-hybridized carbons (Fsp3) is 0.200. The van der Waals surface area contributed by atoms with Crippen molar-refractivity contribution < 1.29 is 8.78 Å². The summed E-state index contributed by atoms with van der Waals surface area (Å²) in [6, 6.07) is 19.5. The van der Waals surface area contributed by atoms with Crippen molar-refractivity contribution in [3.63, 3.8) is 0 Å². The van der Waals surface area contributed by atoms with Crippen molar-refractivity contribution in [1.29, 1.82) is 31.6 Å². The van der Waals surface area contributed by atoms with Crippen LogP contribution in [0.4, 0.5) is 8.78 Å². The Morgan fingerprint density at radius 3 is 0.750 bits per heavy atom. The first-order valence-electron chi connectivity index (χ1n) is 11.9. The smallest absolute Gasteiger partial charge is 0.174 e. The molecule has 222 valence electrons. The molecule has 0 N–H and O–H groups in total. The van der Waals surface area contributed by atoms with Gasteiger partial charge in [-0.3, -0.25) is 0 Å². The summed E-state index contributed by atoms with van der Waals surface area (Å²) in [7, 11) is 0. The SMILES string of the molecule is N#CCc1c(Br)c(F)c(F)c(Br)c1CC#N.N#CCc1c(Br)ccc(Br)c1CC#N.N#CCc1c(Br)ccc(Br)c1CC#N. The number of nitriles is 6. The molecule has 0 aromatic heterocycles. The van der Waals surface area contributed by atoms with Crippen LogP contribution in [-0.4, -0.2) is 0 Å². The van der Waals surface area contributed by atoms with E-state index in [9.17, 15) is 8.78 Å². The first kappa shape index (κ1) is 39.4. The minimum Gasteiger partial charge on any atom is -0.202 e. The van der Waals surface area contributed by atoms with Gasteiger partial charge >= 0.3 is 0 Å². The highest BCUT2D eigenvalue weighted by Gasteiger charge is 2.21. The Hall–Kier alpha value is -2.66. The summed E-state index contributed by atoms with van der Waals surface area (Å²) < 4.78 is 30.0. The Kier molecular flexibility index (Phi) is 18.2. The molecule has 0 amide bonds. The summed E-state index contributed by atoms with van der Waals surface area (Å²) >= 11 is 19.3. The second-order valence-electron chi connectivity index (χ2n) is 8.20. The van der Waals surface area contributed by atoms with Gasteiger partial charge in [0.25, 0.3) is 0 Å². The third-order valence-electron chi connectivity index (χ3n) is 5.64. The minimum absolute atomic E-state index is 0.0899. The largest absolute Gasteiger partial charge is 0.202 e. The van der Waals surface area contributed by atoms with Crippen molar-refractivity contribution >= 4 is 95.6 Å². The summed E-state index contributed by atoms with van der Waals surface area (Å²) in [5.41, 5.74) is 4.17. The van der Waals surface area contributed by atoms with E-state index in [1.165, 1.54) is 0 Å². The lowest BCUT2D eigenvalue weighted by Crippen LogP contribution is -2.02. The predicted octanol–water partition coefficient (Wildman–Crippen LogP) is 10.3. The first-order chi connectivity index (χ1) is 20.9. The standard InChI is InChI=1S/C10H4Br2F2N2.2C10H6Br2N2/c11-7-5(1-3-15)6(2-4-16)8(12)10(14)9(7)13;2*11-9-1-2-10(12)8(4-6-14)7(9)3-5-13/h1-2H2;2*1-2H,3-4H2. The second-order valence-corrected chi connectivity index (χ2v) is 13.2. The molecule has 6 nitrogen and oxygen atoms in total. The Morgan fingerprint density at radius 2 is 0.568 bits per heavy atom. The van der Waals surface area contributed by atoms with Crippen LogP contribution in [0.3, 0.4) is 0 Å². The normalized spacial score (nSPS) is 9.32. The van der Waals surface area contributed by atoms with E-state index in [0.29, 0.717) is 36.8 Å². The molecule has 0 saturated heterocycles. The lowest BCUT2D eigenvalue weighted by atomic mass is 10.0. The molecule has 44 heavy (non-hydrogen) atoms. The van der Waals surface area contributed by atoms with Crippen LogP contribution >= 0.6 is 95.6 Å². The lowest BCUT2D eigenvalue weighted by molar-refractivity contribution is 0.496. The molecule has 14 heteroatoms. The third kappa shape index (κ3) is 10.8. The molecule has 3 aromatic carbocycles. The van der Waals surface area contributed by atoms with Gasteiger partial charge in [-0.25, -0.2) is 8.78 Å². The fourth-order valence-corrected chi connectivity index (χ4v) is 6.76. The van der Waals surface area contributed by atoms with Crippen LogP contribution in [0, 0.1) is 79.6 Å². The number of benzene rings is 3. The average Bonchev–Trinajstić information content (AvgIpc) is 3.00. The number of hydrogen-bond donors (Lipinski definition) is 0. The Morgan fingerprint density at radius 1 is 0.386 bits per heavy atom. The van der Waals surface area contributed by atoms with Gasteiger partial charge in [-0.05, 0) is 89.5 Å². The predicted molar refractivity (Wildman–Crippen MR) is 181 cm³/mol. The van der Waals surface area contributed by atoms with Crippen LogP contribution in [0.2, 0.25) is 0 Å². The van der Waals surface area contributed by atoms with Crippen molar-refractivity contribution in [2.45, 2.75) is 38.5 Å². The Labute approximate surface area is 304 Å². The molecule has 0 atom stereocenters. The van der Waals surface area contributed by atoms with Crippen LogP contribution in [0.1, 0.15) is 33.4 Å². The summed E-state index contributed by atoms with van der Waals surface area (Å²) in [6.45, 7) is 0. The number of rotatable bonds is 6. The van der Waals surface area contributed by atoms with Crippen LogP contribution in [-0.2, 0) is 38.5 Å². The summed E-state index contributed by atoms with van der Waals surface area (Å²) in [5.74, 6) is -2.11. The van der Waals surface area contributed by atoms with E-state index >= 15 is 0 Å². The highest BCUT2D eigenvalue weighted by molar-refractivity contribution is 9.11. The molecular formula is C30H16Br6F2N6. The van der Waals surface area contributed by atoms with Gasteiger partial charge in [0.05, 0.1) is 83.9 Å². The molecule has 0 radical (unpaired) electrons. The van der Waals surface area contributed by atoms with Gasteiger partial charge in [0.1, 0.15) is 0 Å². The van der Waals surface area contributed by atoms with E-state index in [-0.39, 0.29) is 21.8 Å². The topological polar surface area (TPSA) is 143 Å². The van der Waals surface area contributed by atoms with E-state index in [0.717, 1.165) is 40.1 Å². The van der Waals surface area contributed by atoms with Gasteiger partial charge in [-0.1, -0.05) is 63.7 Å². The van der Waals surface area contributed by atoms with Crippen molar-refractivity contribution in [2.24, 2.45) is 0 Å². The lowest BCUT2D eigenvalue weighted by Gasteiger charge is -2.11. The van der Waals surface area contributed by atoms with Crippen molar-refractivity contribution in [2.75, 3.05) is 0 Å². The molecule has 0 spiro atoms. The monoisotopic (exact) mass is 972 g/mol. The molecule has 0 fully saturated rings. The van der Waals surface area contributed by atoms with E-state index in [2.05, 4.69) is 120 Å². The van der Waals surface area contributed by atoms with E-state index in [1.54, 1.807) is 0 Å². The molecule has 0 saturated carbocycles. The van der Waals surface area contributed by atoms with Crippen LogP contribution < -0.4 is 0 Å². The minimum atomic E-state index is -1.06. The number of hydrogen-bond acceptors (Lipinski definition) is 6. The van der Waals surface area contributed by atoms with Gasteiger partial charge in [0, 0.05) is 17.9 Å². The summed E-state index contributed by atoms with van der Waals surface area (Å²) in [6.07, 6.45) is 1.09. The number of halogens is 8. The molecule has 0 unspecified atom stereocenters. The molecule has 0 aliphatic carbocycles. The zero-order valence-electron chi connectivity index (χ0n) is 22.3. The summed E-state index contributed by atoms with van der Waals surface area (Å²) in [5, 5.41) is 51.8. The Balaban J connectivity index is 0.000000331. The molecule has 0 aliphatic rings. The van der Waals surface area contributed by atoms with Crippen molar-refractivity contribution in [3.05, 3.63) is 96.1 Å². The summed E-state index contributed by atoms with van der Waals surface area (Å²) in [4.78, 5) is 0. The van der Waals surface area contributed by atoms with Gasteiger partial charge in [-0.2, -0.15) is 31.6 Å². The van der Waals surface area contributed by atoms with E-state index < -0.39 is 11.6 Å². The molecule has 3 rings (SSSR count). The van der Waals surface area contributed by atoms with E-state index in [4.69, 9.17) is 31.6 Å². The van der Waals surface area contributed by atoms with Crippen molar-refractivity contribution in [3.8, 4) is 36.4 Å². The fourth-order valence-electron chi connectivity index (χ4n) is 3.60. The molecule has 0 heterocycles. The van der Waals surface area contributed by atoms with E-state index in [1.807, 2.05) is 36.4 Å². The maximum Gasteiger partial charge on any atom is 0.174 e. The van der Waals surface area contributed by atoms with Gasteiger partial charge in [0.2, 0.25) is 0 Å². The average molecular weight is 978 g/mol. The maximum atomic E-state index is 13.4. The third-order valence-corrected chi connectivity index (χ3v) is 10.3.